The van der Waals surface area contributed by atoms with Crippen LogP contribution in [0.3, 0.4) is 0 Å². The van der Waals surface area contributed by atoms with E-state index >= 15 is 0 Å². The molecule has 0 unspecified atom stereocenters. The Bertz CT molecular complexity index is 1460. The van der Waals surface area contributed by atoms with Crippen molar-refractivity contribution < 1.29 is 9.47 Å². The van der Waals surface area contributed by atoms with Crippen LogP contribution < -0.4 is 14.8 Å². The fraction of sp³-hybridized carbons (Fsp3) is 0.304. The van der Waals surface area contributed by atoms with Gasteiger partial charge < -0.3 is 14.8 Å². The molecule has 0 spiro atoms. The Morgan fingerprint density at radius 2 is 2.00 bits per heavy atom. The Hall–Kier alpha value is -4.12. The third-order valence-electron chi connectivity index (χ3n) is 6.02. The number of nitrogens with zero attached hydrogens (tertiary/aromatic N) is 8. The molecule has 0 aromatic carbocycles. The van der Waals surface area contributed by atoms with Crippen molar-refractivity contribution in [1.29, 1.82) is 0 Å². The van der Waals surface area contributed by atoms with Gasteiger partial charge in [0.1, 0.15) is 23.6 Å². The van der Waals surface area contributed by atoms with Gasteiger partial charge in [-0.25, -0.2) is 4.98 Å². The van der Waals surface area contributed by atoms with Crippen LogP contribution in [0.5, 0.6) is 11.5 Å². The second kappa shape index (κ2) is 8.67. The lowest BCUT2D eigenvalue weighted by Gasteiger charge is -2.22. The minimum atomic E-state index is 0.179. The Morgan fingerprint density at radius 1 is 1.09 bits per heavy atom. The smallest absolute Gasteiger partial charge is 0.192 e. The van der Waals surface area contributed by atoms with Crippen molar-refractivity contribution in [2.24, 2.45) is 0 Å². The molecule has 0 amide bonds. The van der Waals surface area contributed by atoms with Gasteiger partial charge in [0.15, 0.2) is 11.5 Å². The third-order valence-corrected chi connectivity index (χ3v) is 6.02. The van der Waals surface area contributed by atoms with Crippen LogP contribution in [-0.2, 0) is 6.61 Å². The van der Waals surface area contributed by atoms with Gasteiger partial charge in [-0.3, -0.25) is 9.67 Å². The van der Waals surface area contributed by atoms with Crippen LogP contribution in [0.2, 0.25) is 0 Å². The average Bonchev–Trinajstić information content (AvgIpc) is 3.55. The number of methoxy groups -OCH3 is 1. The first kappa shape index (κ1) is 20.5. The predicted octanol–water partition coefficient (Wildman–Crippen LogP) is 2.44. The van der Waals surface area contributed by atoms with E-state index in [0.717, 1.165) is 37.2 Å². The Kier molecular flexibility index (Phi) is 5.22. The first-order valence-electron chi connectivity index (χ1n) is 11.2. The summed E-state index contributed by atoms with van der Waals surface area (Å²) in [5, 5.41) is 21.2. The van der Waals surface area contributed by atoms with Gasteiger partial charge in [-0.2, -0.15) is 14.7 Å². The number of ether oxygens (including phenoxy) is 2. The summed E-state index contributed by atoms with van der Waals surface area (Å²) in [5.41, 5.74) is 3.75. The molecule has 0 aliphatic carbocycles. The summed E-state index contributed by atoms with van der Waals surface area (Å²) in [5.74, 6) is 1.82. The number of hydrogen-bond donors (Lipinski definition) is 1. The highest BCUT2D eigenvalue weighted by Crippen LogP contribution is 2.26. The highest BCUT2D eigenvalue weighted by Gasteiger charge is 2.17. The molecule has 0 atom stereocenters. The normalized spacial score (nSPS) is 14.6. The lowest BCUT2D eigenvalue weighted by molar-refractivity contribution is 0.295. The van der Waals surface area contributed by atoms with Gasteiger partial charge in [0, 0.05) is 30.1 Å². The standard InChI is InChI=1S/C23H23N9O2/c1-33-17-10-19-23(26-12-17)20(6-9-25-19)34-14-22-29-28-21-3-2-18(30-32(21)22)15-11-27-31(13-15)16-4-7-24-8-5-16/h2-3,6,9-13,16,24H,4-5,7-8,14H2,1H3. The molecule has 0 radical (unpaired) electrons. The summed E-state index contributed by atoms with van der Waals surface area (Å²) in [6.07, 6.45) is 9.39. The fourth-order valence-corrected chi connectivity index (χ4v) is 4.18. The van der Waals surface area contributed by atoms with E-state index in [1.165, 1.54) is 0 Å². The van der Waals surface area contributed by atoms with Crippen LogP contribution in [0.4, 0.5) is 0 Å². The molecule has 11 nitrogen and oxygen atoms in total. The number of aromatic nitrogens is 8. The number of piperidine rings is 1. The summed E-state index contributed by atoms with van der Waals surface area (Å²) >= 11 is 0. The highest BCUT2D eigenvalue weighted by atomic mass is 16.5. The summed E-state index contributed by atoms with van der Waals surface area (Å²) < 4.78 is 15.0. The van der Waals surface area contributed by atoms with E-state index in [1.54, 1.807) is 30.1 Å². The SMILES string of the molecule is COc1cnc2c(OCc3nnc4ccc(-c5cnn(C6CCNCC6)c5)nn34)ccnc2c1. The molecule has 0 bridgehead atoms. The van der Waals surface area contributed by atoms with Gasteiger partial charge in [-0.05, 0) is 38.1 Å². The topological polar surface area (TPSA) is 117 Å². The number of rotatable bonds is 6. The maximum Gasteiger partial charge on any atom is 0.192 e. The molecular formula is C23H23N9O2. The van der Waals surface area contributed by atoms with Crippen molar-refractivity contribution in [3.05, 3.63) is 54.9 Å². The molecule has 1 N–H and O–H groups in total. The van der Waals surface area contributed by atoms with E-state index in [1.807, 2.05) is 24.4 Å². The van der Waals surface area contributed by atoms with Gasteiger partial charge in [-0.1, -0.05) is 0 Å². The summed E-state index contributed by atoms with van der Waals surface area (Å²) in [6.45, 7) is 2.21. The molecule has 1 saturated heterocycles. The average molecular weight is 457 g/mol. The van der Waals surface area contributed by atoms with Gasteiger partial charge in [0.25, 0.3) is 0 Å². The van der Waals surface area contributed by atoms with Gasteiger partial charge in [0.05, 0.1) is 36.8 Å². The van der Waals surface area contributed by atoms with Crippen LogP contribution in [0, 0.1) is 0 Å². The van der Waals surface area contributed by atoms with Crippen LogP contribution in [-0.4, -0.2) is 59.8 Å². The Balaban J connectivity index is 1.25. The molecule has 1 aliphatic rings. The first-order chi connectivity index (χ1) is 16.8. The first-order valence-corrected chi connectivity index (χ1v) is 11.2. The molecule has 5 aromatic rings. The molecule has 0 saturated carbocycles. The van der Waals surface area contributed by atoms with Crippen molar-refractivity contribution in [3.63, 3.8) is 0 Å². The molecule has 6 rings (SSSR count). The molecule has 34 heavy (non-hydrogen) atoms. The third kappa shape index (κ3) is 3.79. The molecular weight excluding hydrogens is 434 g/mol. The largest absolute Gasteiger partial charge is 0.495 e. The van der Waals surface area contributed by atoms with E-state index in [9.17, 15) is 0 Å². The Morgan fingerprint density at radius 3 is 2.88 bits per heavy atom. The number of nitrogens with one attached hydrogen (secondary N) is 1. The number of fused-ring (bicyclic) bond motifs is 2. The van der Waals surface area contributed by atoms with Crippen LogP contribution in [0.1, 0.15) is 24.7 Å². The van der Waals surface area contributed by atoms with E-state index in [0.29, 0.717) is 40.0 Å². The lowest BCUT2D eigenvalue weighted by atomic mass is 10.1. The molecule has 1 fully saturated rings. The lowest BCUT2D eigenvalue weighted by Crippen LogP contribution is -2.29. The monoisotopic (exact) mass is 457 g/mol. The Labute approximate surface area is 194 Å². The van der Waals surface area contributed by atoms with Crippen LogP contribution in [0.15, 0.2) is 49.1 Å². The zero-order valence-electron chi connectivity index (χ0n) is 18.6. The van der Waals surface area contributed by atoms with Gasteiger partial charge in [-0.15, -0.1) is 10.2 Å². The zero-order valence-corrected chi connectivity index (χ0v) is 18.6. The molecule has 11 heteroatoms. The van der Waals surface area contributed by atoms with Crippen molar-refractivity contribution >= 4 is 16.7 Å². The molecule has 172 valence electrons. The fourth-order valence-electron chi connectivity index (χ4n) is 4.18. The minimum absolute atomic E-state index is 0.179. The highest BCUT2D eigenvalue weighted by molar-refractivity contribution is 5.81. The second-order valence-corrected chi connectivity index (χ2v) is 8.14. The van der Waals surface area contributed by atoms with Crippen LogP contribution >= 0.6 is 0 Å². The number of pyridine rings is 2. The van der Waals surface area contributed by atoms with E-state index in [-0.39, 0.29) is 6.61 Å². The van der Waals surface area contributed by atoms with Crippen molar-refractivity contribution in [2.75, 3.05) is 20.2 Å². The van der Waals surface area contributed by atoms with E-state index in [4.69, 9.17) is 14.6 Å². The van der Waals surface area contributed by atoms with Gasteiger partial charge in [0.2, 0.25) is 0 Å². The minimum Gasteiger partial charge on any atom is -0.495 e. The molecule has 6 heterocycles. The zero-order chi connectivity index (χ0) is 22.9. The summed E-state index contributed by atoms with van der Waals surface area (Å²) in [7, 11) is 1.60. The number of hydrogen-bond acceptors (Lipinski definition) is 9. The summed E-state index contributed by atoms with van der Waals surface area (Å²) in [4.78, 5) is 8.77. The van der Waals surface area contributed by atoms with E-state index < -0.39 is 0 Å². The van der Waals surface area contributed by atoms with E-state index in [2.05, 4.69) is 41.5 Å². The van der Waals surface area contributed by atoms with Gasteiger partial charge >= 0.3 is 0 Å². The predicted molar refractivity (Wildman–Crippen MR) is 124 cm³/mol. The summed E-state index contributed by atoms with van der Waals surface area (Å²) in [6, 6.07) is 7.85. The molecule has 1 aliphatic heterocycles. The quantitative estimate of drug-likeness (QED) is 0.410. The van der Waals surface area contributed by atoms with Crippen LogP contribution in [0.25, 0.3) is 27.9 Å². The van der Waals surface area contributed by atoms with Crippen molar-refractivity contribution in [1.82, 2.24) is 44.9 Å². The maximum absolute atomic E-state index is 6.05. The van der Waals surface area contributed by atoms with Crippen molar-refractivity contribution in [2.45, 2.75) is 25.5 Å². The second-order valence-electron chi connectivity index (χ2n) is 8.14. The molecule has 5 aromatic heterocycles. The van der Waals surface area contributed by atoms with Crippen molar-refractivity contribution in [3.8, 4) is 22.8 Å². The maximum atomic E-state index is 6.05.